The van der Waals surface area contributed by atoms with Crippen molar-refractivity contribution in [2.75, 3.05) is 0 Å². The Labute approximate surface area is 177 Å². The van der Waals surface area contributed by atoms with Crippen molar-refractivity contribution in [2.24, 2.45) is 4.99 Å². The van der Waals surface area contributed by atoms with Gasteiger partial charge in [0.1, 0.15) is 11.9 Å². The smallest absolute Gasteiger partial charge is 0.264 e. The van der Waals surface area contributed by atoms with Crippen molar-refractivity contribution < 1.29 is 0 Å². The Bertz CT molecular complexity index is 1310. The van der Waals surface area contributed by atoms with Gasteiger partial charge in [-0.05, 0) is 36.6 Å². The molecule has 2 aromatic heterocycles. The molecule has 0 amide bonds. The summed E-state index contributed by atoms with van der Waals surface area (Å²) < 4.78 is 1.72. The summed E-state index contributed by atoms with van der Waals surface area (Å²) in [5, 5.41) is 8.47. The minimum atomic E-state index is -0.242. The lowest BCUT2D eigenvalue weighted by Gasteiger charge is -2.27. The van der Waals surface area contributed by atoms with Crippen molar-refractivity contribution in [2.45, 2.75) is 19.1 Å². The van der Waals surface area contributed by atoms with E-state index in [2.05, 4.69) is 25.6 Å². The first-order valence-corrected chi connectivity index (χ1v) is 9.99. The van der Waals surface area contributed by atoms with E-state index in [0.29, 0.717) is 16.2 Å². The van der Waals surface area contributed by atoms with Crippen LogP contribution in [-0.2, 0) is 0 Å². The van der Waals surface area contributed by atoms with Crippen molar-refractivity contribution in [3.63, 3.8) is 0 Å². The number of aromatic nitrogens is 3. The van der Waals surface area contributed by atoms with Crippen LogP contribution in [0.15, 0.2) is 70.7 Å². The summed E-state index contributed by atoms with van der Waals surface area (Å²) >= 11 is 6.39. The molecule has 2 atom stereocenters. The Balaban J connectivity index is 1.65. The molecule has 7 nitrogen and oxygen atoms in total. The third-order valence-corrected chi connectivity index (χ3v) is 5.57. The lowest BCUT2D eigenvalue weighted by Crippen LogP contribution is -2.38. The van der Waals surface area contributed by atoms with Crippen molar-refractivity contribution in [3.05, 3.63) is 87.7 Å². The lowest BCUT2D eigenvalue weighted by molar-refractivity contribution is 0.428. The molecule has 0 saturated heterocycles. The van der Waals surface area contributed by atoms with Crippen LogP contribution in [0.2, 0.25) is 5.02 Å². The molecule has 0 aliphatic carbocycles. The number of H-pyrrole nitrogens is 1. The van der Waals surface area contributed by atoms with Gasteiger partial charge in [-0.15, -0.1) is 0 Å². The van der Waals surface area contributed by atoms with Crippen LogP contribution in [0.4, 0.5) is 5.82 Å². The number of aromatic amines is 1. The molecular formula is C22H19ClN6O. The van der Waals surface area contributed by atoms with Crippen molar-refractivity contribution >= 4 is 34.5 Å². The van der Waals surface area contributed by atoms with E-state index in [1.165, 1.54) is 0 Å². The van der Waals surface area contributed by atoms with Crippen LogP contribution in [0.3, 0.4) is 0 Å². The molecule has 1 unspecified atom stereocenters. The van der Waals surface area contributed by atoms with Crippen LogP contribution in [0, 0.1) is 0 Å². The summed E-state index contributed by atoms with van der Waals surface area (Å²) in [5.74, 6) is 0.712. The Hall–Kier alpha value is -3.42. The Kier molecular flexibility index (Phi) is 4.61. The normalized spacial score (nSPS) is 16.3. The van der Waals surface area contributed by atoms with E-state index in [-0.39, 0.29) is 17.8 Å². The number of halogens is 1. The number of hydrogen-bond acceptors (Lipinski definition) is 5. The van der Waals surface area contributed by atoms with Gasteiger partial charge in [0.2, 0.25) is 0 Å². The Morgan fingerprint density at radius 2 is 2.00 bits per heavy atom. The molecule has 1 aliphatic rings. The van der Waals surface area contributed by atoms with E-state index in [1.54, 1.807) is 23.3 Å². The fourth-order valence-corrected chi connectivity index (χ4v) is 4.09. The predicted octanol–water partition coefficient (Wildman–Crippen LogP) is 3.98. The number of nitrogens with one attached hydrogen (secondary N) is 3. The number of hydrogen-bond donors (Lipinski definition) is 3. The second-order valence-electron chi connectivity index (χ2n) is 7.13. The van der Waals surface area contributed by atoms with Gasteiger partial charge in [0.25, 0.3) is 5.56 Å². The number of aliphatic imine (C=N–C) groups is 1. The molecule has 5 rings (SSSR count). The number of rotatable bonds is 4. The zero-order valence-corrected chi connectivity index (χ0v) is 16.9. The molecule has 3 heterocycles. The fourth-order valence-electron chi connectivity index (χ4n) is 3.83. The molecule has 30 heavy (non-hydrogen) atoms. The zero-order chi connectivity index (χ0) is 20.7. The summed E-state index contributed by atoms with van der Waals surface area (Å²) in [6, 6.07) is 16.9. The molecular weight excluding hydrogens is 400 g/mol. The third kappa shape index (κ3) is 3.08. The maximum Gasteiger partial charge on any atom is 0.264 e. The first kappa shape index (κ1) is 18.6. The van der Waals surface area contributed by atoms with Gasteiger partial charge in [-0.2, -0.15) is 0 Å². The second kappa shape index (κ2) is 7.44. The molecule has 0 saturated carbocycles. The number of nitrogens with zero attached hydrogens (tertiary/aromatic N) is 3. The largest absolute Gasteiger partial charge is 0.355 e. The topological polar surface area (TPSA) is 87.1 Å². The minimum absolute atomic E-state index is 0.147. The third-order valence-electron chi connectivity index (χ3n) is 5.25. The standard InChI is InChI=1S/C22H19ClN6O/c1-13(28-21-19-20(25-11-24-19)26-12-27-21)17-10-14-6-5-9-16(23)18(14)22(30)29(17)15-7-3-2-4-8-15/h2-13,21,28H,1H3,(H,24,25)(H,26,27)/t13-,21?/m0/s1. The van der Waals surface area contributed by atoms with Crippen LogP contribution < -0.4 is 16.2 Å². The average Bonchev–Trinajstić information content (AvgIpc) is 3.24. The van der Waals surface area contributed by atoms with E-state index in [9.17, 15) is 4.79 Å². The number of pyridine rings is 1. The van der Waals surface area contributed by atoms with E-state index in [0.717, 1.165) is 22.5 Å². The minimum Gasteiger partial charge on any atom is -0.355 e. The highest BCUT2D eigenvalue weighted by Gasteiger charge is 2.24. The Morgan fingerprint density at radius 3 is 2.83 bits per heavy atom. The predicted molar refractivity (Wildman–Crippen MR) is 119 cm³/mol. The molecule has 1 aliphatic heterocycles. The van der Waals surface area contributed by atoms with Crippen LogP contribution in [-0.4, -0.2) is 20.9 Å². The molecule has 0 spiro atoms. The highest BCUT2D eigenvalue weighted by Crippen LogP contribution is 2.28. The quantitative estimate of drug-likeness (QED) is 0.468. The van der Waals surface area contributed by atoms with Gasteiger partial charge in [-0.3, -0.25) is 14.7 Å². The average molecular weight is 419 g/mol. The van der Waals surface area contributed by atoms with E-state index < -0.39 is 0 Å². The molecule has 0 fully saturated rings. The maximum atomic E-state index is 13.5. The monoisotopic (exact) mass is 418 g/mol. The van der Waals surface area contributed by atoms with E-state index in [1.807, 2.05) is 55.5 Å². The lowest BCUT2D eigenvalue weighted by atomic mass is 10.1. The molecule has 150 valence electrons. The van der Waals surface area contributed by atoms with Crippen LogP contribution in [0.1, 0.15) is 30.5 Å². The maximum absolute atomic E-state index is 13.5. The van der Waals surface area contributed by atoms with Crippen LogP contribution >= 0.6 is 11.6 Å². The highest BCUT2D eigenvalue weighted by atomic mass is 35.5. The molecule has 2 aromatic carbocycles. The molecule has 8 heteroatoms. The summed E-state index contributed by atoms with van der Waals surface area (Å²) in [4.78, 5) is 25.2. The molecule has 4 aromatic rings. The SMILES string of the molecule is C[C@H](NC1NC=Nc2[nH]cnc21)c1cc2cccc(Cl)c2c(=O)n1-c1ccccc1. The summed E-state index contributed by atoms with van der Waals surface area (Å²) in [6.45, 7) is 2.02. The number of imidazole rings is 1. The van der Waals surface area contributed by atoms with Gasteiger partial charge >= 0.3 is 0 Å². The molecule has 3 N–H and O–H groups in total. The van der Waals surface area contributed by atoms with Crippen molar-refractivity contribution in [1.82, 2.24) is 25.2 Å². The van der Waals surface area contributed by atoms with Gasteiger partial charge < -0.3 is 10.3 Å². The van der Waals surface area contributed by atoms with Crippen LogP contribution in [0.5, 0.6) is 0 Å². The summed E-state index contributed by atoms with van der Waals surface area (Å²) in [5.41, 5.74) is 2.24. The number of para-hydroxylation sites is 1. The van der Waals surface area contributed by atoms with Crippen molar-refractivity contribution in [3.8, 4) is 5.69 Å². The second-order valence-corrected chi connectivity index (χ2v) is 7.54. The van der Waals surface area contributed by atoms with Gasteiger partial charge in [0.15, 0.2) is 5.82 Å². The Morgan fingerprint density at radius 1 is 1.17 bits per heavy atom. The highest BCUT2D eigenvalue weighted by molar-refractivity contribution is 6.35. The van der Waals surface area contributed by atoms with Gasteiger partial charge in [-0.25, -0.2) is 9.98 Å². The number of benzene rings is 2. The number of fused-ring (bicyclic) bond motifs is 2. The van der Waals surface area contributed by atoms with E-state index >= 15 is 0 Å². The fraction of sp³-hybridized carbons (Fsp3) is 0.136. The van der Waals surface area contributed by atoms with Crippen LogP contribution in [0.25, 0.3) is 16.5 Å². The van der Waals surface area contributed by atoms with E-state index in [4.69, 9.17) is 11.6 Å². The summed E-state index contributed by atoms with van der Waals surface area (Å²) in [6.07, 6.45) is 3.01. The zero-order valence-electron chi connectivity index (χ0n) is 16.1. The molecule has 0 radical (unpaired) electrons. The van der Waals surface area contributed by atoms with Gasteiger partial charge in [0, 0.05) is 17.4 Å². The van der Waals surface area contributed by atoms with Crippen molar-refractivity contribution in [1.29, 1.82) is 0 Å². The first-order chi connectivity index (χ1) is 14.6. The van der Waals surface area contributed by atoms with Gasteiger partial charge in [0.05, 0.1) is 23.1 Å². The first-order valence-electron chi connectivity index (χ1n) is 9.61. The molecule has 0 bridgehead atoms. The summed E-state index contributed by atoms with van der Waals surface area (Å²) in [7, 11) is 0. The van der Waals surface area contributed by atoms with Gasteiger partial charge in [-0.1, -0.05) is 41.9 Å².